The molecule has 0 heterocycles. The monoisotopic (exact) mass is 214 g/mol. The lowest BCUT2D eigenvalue weighted by Gasteiger charge is -2.07. The molecule has 0 radical (unpaired) electrons. The van der Waals surface area contributed by atoms with Crippen molar-refractivity contribution in [1.29, 1.82) is 0 Å². The summed E-state index contributed by atoms with van der Waals surface area (Å²) < 4.78 is 5.03. The van der Waals surface area contributed by atoms with Crippen LogP contribution in [0.25, 0.3) is 10.8 Å². The number of carbonyl (C=O) groups is 1. The molecular formula is C14H14O2. The van der Waals surface area contributed by atoms with Gasteiger partial charge in [0.1, 0.15) is 6.61 Å². The molecule has 0 aliphatic heterocycles. The number of esters is 1. The van der Waals surface area contributed by atoms with E-state index in [4.69, 9.17) is 4.74 Å². The molecule has 0 atom stereocenters. The summed E-state index contributed by atoms with van der Waals surface area (Å²) in [5.74, 6) is -0.246. The van der Waals surface area contributed by atoms with Crippen LogP contribution in [0.15, 0.2) is 36.4 Å². The third kappa shape index (κ3) is 2.22. The molecule has 0 N–H and O–H groups in total. The van der Waals surface area contributed by atoms with E-state index >= 15 is 0 Å². The first-order valence-corrected chi connectivity index (χ1v) is 5.28. The molecule has 0 spiro atoms. The Morgan fingerprint density at radius 1 is 1.25 bits per heavy atom. The highest BCUT2D eigenvalue weighted by atomic mass is 16.5. The fourth-order valence-corrected chi connectivity index (χ4v) is 1.78. The molecule has 0 saturated carbocycles. The van der Waals surface area contributed by atoms with Crippen LogP contribution in [-0.4, -0.2) is 5.97 Å². The third-order valence-corrected chi connectivity index (χ3v) is 2.56. The standard InChI is InChI=1S/C14H14O2/c1-10-6-7-14-12(8-10)4-3-5-13(14)9-16-11(2)15/h3-8H,9H2,1-2H3. The van der Waals surface area contributed by atoms with Gasteiger partial charge < -0.3 is 4.74 Å². The van der Waals surface area contributed by atoms with Crippen LogP contribution in [0.3, 0.4) is 0 Å². The molecule has 0 aliphatic rings. The molecule has 0 aromatic heterocycles. The maximum Gasteiger partial charge on any atom is 0.302 e. The average molecular weight is 214 g/mol. The van der Waals surface area contributed by atoms with E-state index in [2.05, 4.69) is 31.2 Å². The van der Waals surface area contributed by atoms with E-state index in [9.17, 15) is 4.79 Å². The second-order valence-electron chi connectivity index (χ2n) is 3.92. The Kier molecular flexibility index (Phi) is 2.91. The van der Waals surface area contributed by atoms with Crippen LogP contribution in [0, 0.1) is 6.92 Å². The van der Waals surface area contributed by atoms with Crippen LogP contribution >= 0.6 is 0 Å². The summed E-state index contributed by atoms with van der Waals surface area (Å²) in [6.45, 7) is 3.84. The predicted octanol–water partition coefficient (Wildman–Crippen LogP) is 3.21. The normalized spacial score (nSPS) is 10.4. The van der Waals surface area contributed by atoms with Gasteiger partial charge in [0.15, 0.2) is 0 Å². The molecule has 2 aromatic carbocycles. The molecular weight excluding hydrogens is 200 g/mol. The average Bonchev–Trinajstić information content (AvgIpc) is 2.25. The van der Waals surface area contributed by atoms with E-state index in [1.807, 2.05) is 12.1 Å². The fourth-order valence-electron chi connectivity index (χ4n) is 1.78. The zero-order valence-corrected chi connectivity index (χ0v) is 9.49. The summed E-state index contributed by atoms with van der Waals surface area (Å²) in [4.78, 5) is 10.8. The number of carbonyl (C=O) groups excluding carboxylic acids is 1. The Morgan fingerprint density at radius 3 is 2.81 bits per heavy atom. The Hall–Kier alpha value is -1.83. The van der Waals surface area contributed by atoms with Gasteiger partial charge in [-0.1, -0.05) is 42.0 Å². The molecule has 0 amide bonds. The van der Waals surface area contributed by atoms with E-state index in [-0.39, 0.29) is 5.97 Å². The minimum atomic E-state index is -0.246. The van der Waals surface area contributed by atoms with Crippen molar-refractivity contribution < 1.29 is 9.53 Å². The van der Waals surface area contributed by atoms with Crippen molar-refractivity contribution in [2.24, 2.45) is 0 Å². The molecule has 2 aromatic rings. The first-order chi connectivity index (χ1) is 7.66. The van der Waals surface area contributed by atoms with Gasteiger partial charge in [-0.15, -0.1) is 0 Å². The molecule has 0 unspecified atom stereocenters. The highest BCUT2D eigenvalue weighted by molar-refractivity contribution is 5.86. The Bertz CT molecular complexity index is 529. The Morgan fingerprint density at radius 2 is 2.06 bits per heavy atom. The maximum atomic E-state index is 10.8. The van der Waals surface area contributed by atoms with Gasteiger partial charge in [-0.05, 0) is 23.3 Å². The number of hydrogen-bond donors (Lipinski definition) is 0. The topological polar surface area (TPSA) is 26.3 Å². The van der Waals surface area contributed by atoms with Crippen LogP contribution in [0.1, 0.15) is 18.1 Å². The highest BCUT2D eigenvalue weighted by Gasteiger charge is 2.02. The lowest BCUT2D eigenvalue weighted by Crippen LogP contribution is -1.99. The molecule has 2 nitrogen and oxygen atoms in total. The second-order valence-corrected chi connectivity index (χ2v) is 3.92. The first-order valence-electron chi connectivity index (χ1n) is 5.28. The molecule has 82 valence electrons. The summed E-state index contributed by atoms with van der Waals surface area (Å²) in [7, 11) is 0. The van der Waals surface area contributed by atoms with Crippen molar-refractivity contribution in [1.82, 2.24) is 0 Å². The Balaban J connectivity index is 2.41. The SMILES string of the molecule is CC(=O)OCc1cccc2cc(C)ccc12. The van der Waals surface area contributed by atoms with E-state index < -0.39 is 0 Å². The molecule has 2 heteroatoms. The molecule has 2 rings (SSSR count). The largest absolute Gasteiger partial charge is 0.461 e. The van der Waals surface area contributed by atoms with Gasteiger partial charge in [0.05, 0.1) is 0 Å². The van der Waals surface area contributed by atoms with Crippen molar-refractivity contribution in [3.05, 3.63) is 47.5 Å². The lowest BCUT2D eigenvalue weighted by atomic mass is 10.0. The van der Waals surface area contributed by atoms with Gasteiger partial charge in [0, 0.05) is 6.92 Å². The number of benzene rings is 2. The minimum absolute atomic E-state index is 0.246. The van der Waals surface area contributed by atoms with Crippen molar-refractivity contribution in [3.8, 4) is 0 Å². The van der Waals surface area contributed by atoms with Crippen LogP contribution in [-0.2, 0) is 16.1 Å². The lowest BCUT2D eigenvalue weighted by molar-refractivity contribution is -0.142. The highest BCUT2D eigenvalue weighted by Crippen LogP contribution is 2.20. The van der Waals surface area contributed by atoms with Crippen molar-refractivity contribution in [2.45, 2.75) is 20.5 Å². The fraction of sp³-hybridized carbons (Fsp3) is 0.214. The molecule has 0 aliphatic carbocycles. The minimum Gasteiger partial charge on any atom is -0.461 e. The predicted molar refractivity (Wildman–Crippen MR) is 64.2 cm³/mol. The van der Waals surface area contributed by atoms with Crippen LogP contribution in [0.4, 0.5) is 0 Å². The first kappa shape index (κ1) is 10.7. The van der Waals surface area contributed by atoms with Crippen molar-refractivity contribution in [3.63, 3.8) is 0 Å². The zero-order valence-electron chi connectivity index (χ0n) is 9.49. The number of fused-ring (bicyclic) bond motifs is 1. The molecule has 0 bridgehead atoms. The summed E-state index contributed by atoms with van der Waals surface area (Å²) in [6.07, 6.45) is 0. The quantitative estimate of drug-likeness (QED) is 0.717. The smallest absolute Gasteiger partial charge is 0.302 e. The summed E-state index contributed by atoms with van der Waals surface area (Å²) in [6, 6.07) is 12.3. The van der Waals surface area contributed by atoms with Crippen LogP contribution < -0.4 is 0 Å². The van der Waals surface area contributed by atoms with Gasteiger partial charge in [-0.2, -0.15) is 0 Å². The number of aryl methyl sites for hydroxylation is 1. The number of hydrogen-bond acceptors (Lipinski definition) is 2. The van der Waals surface area contributed by atoms with Gasteiger partial charge in [-0.3, -0.25) is 4.79 Å². The van der Waals surface area contributed by atoms with Gasteiger partial charge in [-0.25, -0.2) is 0 Å². The van der Waals surface area contributed by atoms with Gasteiger partial charge in [0.2, 0.25) is 0 Å². The molecule has 16 heavy (non-hydrogen) atoms. The van der Waals surface area contributed by atoms with Crippen molar-refractivity contribution in [2.75, 3.05) is 0 Å². The van der Waals surface area contributed by atoms with Crippen LogP contribution in [0.5, 0.6) is 0 Å². The maximum absolute atomic E-state index is 10.8. The van der Waals surface area contributed by atoms with Crippen molar-refractivity contribution >= 4 is 16.7 Å². The van der Waals surface area contributed by atoms with Crippen LogP contribution in [0.2, 0.25) is 0 Å². The number of ether oxygens (including phenoxy) is 1. The van der Waals surface area contributed by atoms with E-state index in [0.717, 1.165) is 10.9 Å². The third-order valence-electron chi connectivity index (χ3n) is 2.56. The second kappa shape index (κ2) is 4.35. The van der Waals surface area contributed by atoms with E-state index in [1.165, 1.54) is 17.9 Å². The number of rotatable bonds is 2. The summed E-state index contributed by atoms with van der Waals surface area (Å²) in [5.41, 5.74) is 2.28. The molecule has 0 saturated heterocycles. The molecule has 0 fully saturated rings. The van der Waals surface area contributed by atoms with E-state index in [0.29, 0.717) is 6.61 Å². The Labute approximate surface area is 94.8 Å². The summed E-state index contributed by atoms with van der Waals surface area (Å²) in [5, 5.41) is 2.33. The summed E-state index contributed by atoms with van der Waals surface area (Å²) >= 11 is 0. The zero-order chi connectivity index (χ0) is 11.5. The van der Waals surface area contributed by atoms with Gasteiger partial charge in [0.25, 0.3) is 0 Å². The van der Waals surface area contributed by atoms with E-state index in [1.54, 1.807) is 0 Å². The van der Waals surface area contributed by atoms with Gasteiger partial charge >= 0.3 is 5.97 Å².